The maximum atomic E-state index is 14.7. The molecule has 0 unspecified atom stereocenters. The van der Waals surface area contributed by atoms with Crippen LogP contribution in [0.3, 0.4) is 0 Å². The van der Waals surface area contributed by atoms with E-state index in [2.05, 4.69) is 51.9 Å². The van der Waals surface area contributed by atoms with Gasteiger partial charge < -0.3 is 82.1 Å². The standard InChI is InChI=1S/C50H68N18O8/c1-28(69)63-37(10-5-21-60-49(55)56)43(72)66-40(23-29-12-14-31(26-51)15-13-29)46(75)67-39(24-30-16-18-33(70)19-17-30)45(74)65-38(11-6-22-61-50(57)58)44(73)68-41(25-32-27-62-35-8-3-2-7-34(32)35)47(76)64-36(42(52)71)9-4-20-59-48(53)54/h2-3,7-8,12-19,27,36-41,62,70H,4-6,9-11,20-25H2,1H3,(H2,52,71)(H,63,69)(H,64,76)(H,65,74)(H,66,72)(H,67,75)(H,68,73)(H4,53,54,59)(H4,55,56,60)(H4,57,58,61)/t36-,37-,38-,39-,40-,41-/m0/s1. The Bertz CT molecular complexity index is 2760. The van der Waals surface area contributed by atoms with Crippen molar-refractivity contribution in [2.24, 2.45) is 55.1 Å². The highest BCUT2D eigenvalue weighted by atomic mass is 16.3. The van der Waals surface area contributed by atoms with Crippen LogP contribution in [0.4, 0.5) is 0 Å². The number of aromatic nitrogens is 1. The zero-order valence-electron chi connectivity index (χ0n) is 42.1. The highest BCUT2D eigenvalue weighted by molar-refractivity contribution is 5.97. The predicted molar refractivity (Wildman–Crippen MR) is 285 cm³/mol. The lowest BCUT2D eigenvalue weighted by Gasteiger charge is -2.28. The average Bonchev–Trinajstić information content (AvgIpc) is 3.78. The number of para-hydroxylation sites is 1. The van der Waals surface area contributed by atoms with Crippen LogP contribution in [0.5, 0.6) is 5.75 Å². The summed E-state index contributed by atoms with van der Waals surface area (Å²) < 4.78 is 0. The molecular formula is C50H68N18O8. The first-order valence-corrected chi connectivity index (χ1v) is 24.3. The van der Waals surface area contributed by atoms with Gasteiger partial charge in [-0.3, -0.25) is 48.5 Å². The van der Waals surface area contributed by atoms with E-state index in [-0.39, 0.29) is 101 Å². The molecule has 406 valence electrons. The van der Waals surface area contributed by atoms with Gasteiger partial charge >= 0.3 is 0 Å². The number of aromatic hydroxyl groups is 1. The van der Waals surface area contributed by atoms with Crippen LogP contribution in [0.1, 0.15) is 67.7 Å². The Kier molecular flexibility index (Phi) is 23.3. The van der Waals surface area contributed by atoms with Gasteiger partial charge in [0.25, 0.3) is 0 Å². The number of rotatable bonds is 30. The lowest BCUT2D eigenvalue weighted by Crippen LogP contribution is -2.60. The van der Waals surface area contributed by atoms with E-state index in [0.717, 1.165) is 10.9 Å². The lowest BCUT2D eigenvalue weighted by molar-refractivity contribution is -0.135. The SMILES string of the molecule is CC(=O)N[C@@H](CCCN=C(N)N)C(=O)N[C@@H](Cc1ccc(C#N)cc1)C(=O)N[C@@H](Cc1ccc(O)cc1)C(=O)N[C@@H](CCCN=C(N)N)C(=O)N[C@@H](Cc1c[nH]c2ccccc12)C(=O)N[C@@H](CCCN=C(N)N)C(N)=O. The molecule has 0 aliphatic carbocycles. The van der Waals surface area contributed by atoms with Crippen LogP contribution in [-0.4, -0.2) is 125 Å². The summed E-state index contributed by atoms with van der Waals surface area (Å²) in [5.41, 5.74) is 41.3. The molecule has 76 heavy (non-hydrogen) atoms. The molecule has 1 heterocycles. The summed E-state index contributed by atoms with van der Waals surface area (Å²) in [6, 6.07) is 13.3. The maximum absolute atomic E-state index is 14.7. The number of aromatic amines is 1. The summed E-state index contributed by atoms with van der Waals surface area (Å²) in [4.78, 5) is 112. The van der Waals surface area contributed by atoms with E-state index in [9.17, 15) is 43.9 Å². The smallest absolute Gasteiger partial charge is 0.243 e. The van der Waals surface area contributed by atoms with E-state index >= 15 is 0 Å². The van der Waals surface area contributed by atoms with Crippen molar-refractivity contribution in [3.8, 4) is 11.8 Å². The molecule has 0 fully saturated rings. The van der Waals surface area contributed by atoms with Crippen molar-refractivity contribution in [3.05, 3.63) is 101 Å². The van der Waals surface area contributed by atoms with E-state index in [1.807, 2.05) is 24.3 Å². The number of guanidine groups is 3. The molecule has 0 bridgehead atoms. The second kappa shape index (κ2) is 29.9. The third-order valence-electron chi connectivity index (χ3n) is 11.7. The Hall–Kier alpha value is -9.41. The summed E-state index contributed by atoms with van der Waals surface area (Å²) in [7, 11) is 0. The first-order chi connectivity index (χ1) is 36.2. The minimum atomic E-state index is -1.48. The summed E-state index contributed by atoms with van der Waals surface area (Å²) in [6.45, 7) is 1.52. The van der Waals surface area contributed by atoms with Gasteiger partial charge in [-0.15, -0.1) is 0 Å². The number of phenolic OH excluding ortho intramolecular Hbond substituents is 1. The molecule has 0 saturated heterocycles. The summed E-state index contributed by atoms with van der Waals surface area (Å²) in [5.74, 6) is -6.13. The molecule has 7 amide bonds. The fraction of sp³-hybridized carbons (Fsp3) is 0.380. The number of nitrogens with two attached hydrogens (primary N) is 7. The van der Waals surface area contributed by atoms with Crippen LogP contribution in [0, 0.1) is 11.3 Å². The van der Waals surface area contributed by atoms with Crippen LogP contribution >= 0.6 is 0 Å². The monoisotopic (exact) mass is 1050 g/mol. The molecule has 1 aromatic heterocycles. The van der Waals surface area contributed by atoms with E-state index in [1.54, 1.807) is 24.4 Å². The highest BCUT2D eigenvalue weighted by Crippen LogP contribution is 2.20. The normalized spacial score (nSPS) is 13.1. The number of H-pyrrole nitrogens is 1. The molecule has 0 saturated carbocycles. The highest BCUT2D eigenvalue weighted by Gasteiger charge is 2.34. The second-order valence-corrected chi connectivity index (χ2v) is 17.8. The van der Waals surface area contributed by atoms with Crippen LogP contribution in [0.25, 0.3) is 10.9 Å². The molecule has 26 nitrogen and oxygen atoms in total. The number of nitrogens with zero attached hydrogens (tertiary/aromatic N) is 4. The Balaban J connectivity index is 1.71. The number of phenols is 1. The van der Waals surface area contributed by atoms with Gasteiger partial charge in [-0.2, -0.15) is 5.26 Å². The fourth-order valence-corrected chi connectivity index (χ4v) is 7.91. The number of carbonyl (C=O) groups excluding carboxylic acids is 7. The molecule has 0 radical (unpaired) electrons. The number of carbonyl (C=O) groups is 7. The number of nitrogens with one attached hydrogen (secondary N) is 7. The van der Waals surface area contributed by atoms with Gasteiger partial charge in [0.2, 0.25) is 41.4 Å². The number of nitriles is 1. The zero-order valence-corrected chi connectivity index (χ0v) is 42.1. The minimum Gasteiger partial charge on any atom is -0.508 e. The zero-order chi connectivity index (χ0) is 55.7. The van der Waals surface area contributed by atoms with Crippen molar-refractivity contribution in [1.29, 1.82) is 5.26 Å². The van der Waals surface area contributed by atoms with E-state index in [4.69, 9.17) is 40.1 Å². The van der Waals surface area contributed by atoms with Crippen molar-refractivity contribution in [2.75, 3.05) is 19.6 Å². The number of aliphatic imine (C=N–C) groups is 3. The molecule has 4 aromatic rings. The average molecular weight is 1050 g/mol. The van der Waals surface area contributed by atoms with Crippen molar-refractivity contribution < 1.29 is 38.7 Å². The maximum Gasteiger partial charge on any atom is 0.243 e. The molecular weight excluding hydrogens is 981 g/mol. The first-order valence-electron chi connectivity index (χ1n) is 24.3. The molecule has 0 spiro atoms. The predicted octanol–water partition coefficient (Wildman–Crippen LogP) is -2.65. The molecule has 4 rings (SSSR count). The van der Waals surface area contributed by atoms with Gasteiger partial charge in [0.1, 0.15) is 42.0 Å². The third kappa shape index (κ3) is 20.2. The number of primary amides is 1. The van der Waals surface area contributed by atoms with Gasteiger partial charge in [-0.05, 0) is 85.5 Å². The molecule has 6 atom stereocenters. The summed E-state index contributed by atoms with van der Waals surface area (Å²) in [6.07, 6.45) is 1.90. The van der Waals surface area contributed by atoms with Crippen molar-refractivity contribution in [1.82, 2.24) is 36.9 Å². The minimum absolute atomic E-state index is 0.0273. The number of hydrogen-bond donors (Lipinski definition) is 15. The van der Waals surface area contributed by atoms with Crippen LogP contribution < -0.4 is 72.0 Å². The fourth-order valence-electron chi connectivity index (χ4n) is 7.91. The molecule has 0 aliphatic heterocycles. The largest absolute Gasteiger partial charge is 0.508 e. The van der Waals surface area contributed by atoms with Crippen LogP contribution in [-0.2, 0) is 52.8 Å². The van der Waals surface area contributed by atoms with Gasteiger partial charge in [0, 0.05) is 62.9 Å². The van der Waals surface area contributed by atoms with Gasteiger partial charge in [0.15, 0.2) is 17.9 Å². The molecule has 0 aliphatic rings. The third-order valence-corrected chi connectivity index (χ3v) is 11.7. The Morgan fingerprint density at radius 2 is 0.934 bits per heavy atom. The quantitative estimate of drug-likeness (QED) is 0.0144. The van der Waals surface area contributed by atoms with Gasteiger partial charge in [-0.25, -0.2) is 0 Å². The van der Waals surface area contributed by atoms with E-state index in [0.29, 0.717) is 22.3 Å². The number of fused-ring (bicyclic) bond motifs is 1. The second-order valence-electron chi connectivity index (χ2n) is 17.8. The van der Waals surface area contributed by atoms with Gasteiger partial charge in [0.05, 0.1) is 11.6 Å². The molecule has 22 N–H and O–H groups in total. The van der Waals surface area contributed by atoms with Gasteiger partial charge in [-0.1, -0.05) is 42.5 Å². The lowest BCUT2D eigenvalue weighted by atomic mass is 10.00. The van der Waals surface area contributed by atoms with Crippen molar-refractivity contribution in [2.45, 2.75) is 101 Å². The van der Waals surface area contributed by atoms with Crippen molar-refractivity contribution in [3.63, 3.8) is 0 Å². The first kappa shape index (κ1) is 59.2. The number of hydrogen-bond acceptors (Lipinski definition) is 12. The Morgan fingerprint density at radius 3 is 1.38 bits per heavy atom. The topological polar surface area (TPSA) is 471 Å². The number of benzene rings is 3. The van der Waals surface area contributed by atoms with E-state index in [1.165, 1.54) is 43.3 Å². The van der Waals surface area contributed by atoms with Crippen LogP contribution in [0.15, 0.2) is 94.0 Å². The molecule has 3 aromatic carbocycles. The number of amides is 7. The van der Waals surface area contributed by atoms with E-state index < -0.39 is 77.6 Å². The summed E-state index contributed by atoms with van der Waals surface area (Å²) in [5, 5.41) is 36.4. The van der Waals surface area contributed by atoms with Crippen LogP contribution in [0.2, 0.25) is 0 Å². The Labute approximate surface area is 438 Å². The Morgan fingerprint density at radius 1 is 0.539 bits per heavy atom. The summed E-state index contributed by atoms with van der Waals surface area (Å²) >= 11 is 0. The van der Waals surface area contributed by atoms with Crippen molar-refractivity contribution >= 4 is 70.1 Å². The molecule has 26 heteroatoms.